The van der Waals surface area contributed by atoms with Crippen LogP contribution in [0.4, 0.5) is 15.8 Å². The molecule has 1 fully saturated rings. The van der Waals surface area contributed by atoms with Gasteiger partial charge >= 0.3 is 5.97 Å². The zero-order valence-electron chi connectivity index (χ0n) is 15.2. The number of esters is 1. The van der Waals surface area contributed by atoms with Gasteiger partial charge in [0.15, 0.2) is 6.61 Å². The number of ether oxygens (including phenoxy) is 2. The van der Waals surface area contributed by atoms with Crippen molar-refractivity contribution in [1.29, 1.82) is 0 Å². The summed E-state index contributed by atoms with van der Waals surface area (Å²) in [5, 5.41) is 2.60. The Morgan fingerprint density at radius 3 is 2.61 bits per heavy atom. The van der Waals surface area contributed by atoms with Crippen LogP contribution in [0.25, 0.3) is 0 Å². The van der Waals surface area contributed by atoms with E-state index in [0.29, 0.717) is 17.1 Å². The summed E-state index contributed by atoms with van der Waals surface area (Å²) in [6.07, 6.45) is -0.0235. The first-order valence-corrected chi connectivity index (χ1v) is 8.63. The molecule has 2 amide bonds. The Kier molecular flexibility index (Phi) is 5.88. The van der Waals surface area contributed by atoms with Crippen molar-refractivity contribution in [3.63, 3.8) is 0 Å². The Hall–Kier alpha value is -3.42. The zero-order chi connectivity index (χ0) is 20.1. The molecule has 8 heteroatoms. The molecule has 1 heterocycles. The second kappa shape index (κ2) is 8.51. The summed E-state index contributed by atoms with van der Waals surface area (Å²) in [5.41, 5.74) is 0.972. The third-order valence-corrected chi connectivity index (χ3v) is 4.32. The van der Waals surface area contributed by atoms with Gasteiger partial charge < -0.3 is 19.7 Å². The number of carbonyl (C=O) groups excluding carboxylic acids is 3. The third-order valence-electron chi connectivity index (χ3n) is 4.32. The first kappa shape index (κ1) is 19.3. The van der Waals surface area contributed by atoms with Crippen LogP contribution in [0, 0.1) is 11.7 Å². The predicted octanol–water partition coefficient (Wildman–Crippen LogP) is 2.37. The Morgan fingerprint density at radius 1 is 1.18 bits per heavy atom. The van der Waals surface area contributed by atoms with Crippen molar-refractivity contribution in [3.8, 4) is 5.75 Å². The number of amides is 2. The lowest BCUT2D eigenvalue weighted by atomic mass is 10.1. The van der Waals surface area contributed by atoms with Crippen LogP contribution in [0.3, 0.4) is 0 Å². The summed E-state index contributed by atoms with van der Waals surface area (Å²) >= 11 is 0. The van der Waals surface area contributed by atoms with E-state index in [2.05, 4.69) is 5.32 Å². The van der Waals surface area contributed by atoms with E-state index >= 15 is 0 Å². The minimum absolute atomic E-state index is 0.0235. The fourth-order valence-electron chi connectivity index (χ4n) is 2.92. The van der Waals surface area contributed by atoms with Crippen LogP contribution in [-0.4, -0.2) is 38.0 Å². The molecule has 1 N–H and O–H groups in total. The quantitative estimate of drug-likeness (QED) is 0.771. The lowest BCUT2D eigenvalue weighted by molar-refractivity contribution is -0.151. The summed E-state index contributed by atoms with van der Waals surface area (Å²) < 4.78 is 23.2. The molecule has 1 atom stereocenters. The summed E-state index contributed by atoms with van der Waals surface area (Å²) in [5.74, 6) is -2.01. The Balaban J connectivity index is 1.53. The molecule has 28 heavy (non-hydrogen) atoms. The number of benzene rings is 2. The maximum Gasteiger partial charge on any atom is 0.311 e. The number of para-hydroxylation sites is 2. The molecule has 3 rings (SSSR count). The van der Waals surface area contributed by atoms with Gasteiger partial charge in [0.25, 0.3) is 5.91 Å². The number of nitrogens with one attached hydrogen (secondary N) is 1. The molecule has 0 aliphatic carbocycles. The molecule has 1 aliphatic heterocycles. The predicted molar refractivity (Wildman–Crippen MR) is 99.4 cm³/mol. The average molecular weight is 386 g/mol. The minimum Gasteiger partial charge on any atom is -0.495 e. The fraction of sp³-hybridized carbons (Fsp3) is 0.250. The zero-order valence-corrected chi connectivity index (χ0v) is 15.2. The molecule has 0 saturated carbocycles. The SMILES string of the molecule is COc1ccccc1NC(=O)COC(=O)[C@@H]1CC(=O)N(c2ccc(F)cc2)C1. The van der Waals surface area contributed by atoms with Gasteiger partial charge in [-0.3, -0.25) is 14.4 Å². The first-order chi connectivity index (χ1) is 13.5. The summed E-state index contributed by atoms with van der Waals surface area (Å²) in [7, 11) is 1.48. The maximum atomic E-state index is 13.0. The normalized spacial score (nSPS) is 16.0. The summed E-state index contributed by atoms with van der Waals surface area (Å²) in [6, 6.07) is 12.3. The summed E-state index contributed by atoms with van der Waals surface area (Å²) in [4.78, 5) is 37.8. The molecule has 146 valence electrons. The van der Waals surface area contributed by atoms with E-state index in [0.717, 1.165) is 0 Å². The molecular formula is C20H19FN2O5. The van der Waals surface area contributed by atoms with Crippen LogP contribution in [0.2, 0.25) is 0 Å². The van der Waals surface area contributed by atoms with E-state index in [4.69, 9.17) is 9.47 Å². The van der Waals surface area contributed by atoms with Crippen molar-refractivity contribution in [2.75, 3.05) is 30.5 Å². The highest BCUT2D eigenvalue weighted by atomic mass is 19.1. The molecule has 1 aliphatic rings. The van der Waals surface area contributed by atoms with Crippen LogP contribution in [0.15, 0.2) is 48.5 Å². The van der Waals surface area contributed by atoms with Gasteiger partial charge in [-0.05, 0) is 36.4 Å². The number of nitrogens with zero attached hydrogens (tertiary/aromatic N) is 1. The highest BCUT2D eigenvalue weighted by Crippen LogP contribution is 2.26. The van der Waals surface area contributed by atoms with Crippen molar-refractivity contribution < 1.29 is 28.2 Å². The van der Waals surface area contributed by atoms with E-state index in [1.807, 2.05) is 0 Å². The Bertz CT molecular complexity index is 884. The monoisotopic (exact) mass is 386 g/mol. The van der Waals surface area contributed by atoms with Gasteiger partial charge in [-0.2, -0.15) is 0 Å². The molecule has 0 bridgehead atoms. The van der Waals surface area contributed by atoms with Gasteiger partial charge in [-0.15, -0.1) is 0 Å². The Morgan fingerprint density at radius 2 is 1.89 bits per heavy atom. The average Bonchev–Trinajstić information content (AvgIpc) is 3.09. The van der Waals surface area contributed by atoms with Crippen LogP contribution >= 0.6 is 0 Å². The number of hydrogen-bond donors (Lipinski definition) is 1. The van der Waals surface area contributed by atoms with Crippen molar-refractivity contribution in [1.82, 2.24) is 0 Å². The smallest absolute Gasteiger partial charge is 0.311 e. The molecule has 1 saturated heterocycles. The van der Waals surface area contributed by atoms with Crippen LogP contribution in [-0.2, 0) is 19.1 Å². The highest BCUT2D eigenvalue weighted by molar-refractivity contribution is 6.00. The molecule has 7 nitrogen and oxygen atoms in total. The molecule has 0 aromatic heterocycles. The van der Waals surface area contributed by atoms with Gasteiger partial charge in [0.2, 0.25) is 5.91 Å². The van der Waals surface area contributed by atoms with Crippen molar-refractivity contribution in [2.45, 2.75) is 6.42 Å². The minimum atomic E-state index is -0.684. The number of hydrogen-bond acceptors (Lipinski definition) is 5. The molecule has 2 aromatic carbocycles. The number of carbonyl (C=O) groups is 3. The summed E-state index contributed by atoms with van der Waals surface area (Å²) in [6.45, 7) is -0.352. The maximum absolute atomic E-state index is 13.0. The third kappa shape index (κ3) is 4.46. The fourth-order valence-corrected chi connectivity index (χ4v) is 2.92. The van der Waals surface area contributed by atoms with E-state index in [-0.39, 0.29) is 18.9 Å². The molecule has 0 unspecified atom stereocenters. The van der Waals surface area contributed by atoms with E-state index < -0.39 is 30.2 Å². The van der Waals surface area contributed by atoms with E-state index in [1.165, 1.54) is 36.3 Å². The second-order valence-corrected chi connectivity index (χ2v) is 6.24. The lowest BCUT2D eigenvalue weighted by Gasteiger charge is -2.16. The van der Waals surface area contributed by atoms with Crippen LogP contribution < -0.4 is 15.0 Å². The van der Waals surface area contributed by atoms with E-state index in [9.17, 15) is 18.8 Å². The standard InChI is InChI=1S/C20H19FN2O5/c1-27-17-5-3-2-4-16(17)22-18(24)12-28-20(26)13-10-19(25)23(11-13)15-8-6-14(21)7-9-15/h2-9,13H,10-12H2,1H3,(H,22,24)/t13-/m1/s1. The topological polar surface area (TPSA) is 84.9 Å². The van der Waals surface area contributed by atoms with Crippen molar-refractivity contribution in [3.05, 3.63) is 54.3 Å². The number of rotatable bonds is 6. The van der Waals surface area contributed by atoms with E-state index in [1.54, 1.807) is 24.3 Å². The lowest BCUT2D eigenvalue weighted by Crippen LogP contribution is -2.28. The molecule has 0 spiro atoms. The molecular weight excluding hydrogens is 367 g/mol. The van der Waals surface area contributed by atoms with Gasteiger partial charge in [-0.1, -0.05) is 12.1 Å². The van der Waals surface area contributed by atoms with Crippen LogP contribution in [0.5, 0.6) is 5.75 Å². The largest absolute Gasteiger partial charge is 0.495 e. The molecule has 2 aromatic rings. The van der Waals surface area contributed by atoms with Crippen LogP contribution in [0.1, 0.15) is 6.42 Å². The first-order valence-electron chi connectivity index (χ1n) is 8.63. The van der Waals surface area contributed by atoms with Gasteiger partial charge in [0, 0.05) is 18.7 Å². The highest BCUT2D eigenvalue weighted by Gasteiger charge is 2.36. The van der Waals surface area contributed by atoms with Crippen molar-refractivity contribution in [2.24, 2.45) is 5.92 Å². The number of halogens is 1. The van der Waals surface area contributed by atoms with Gasteiger partial charge in [-0.25, -0.2) is 4.39 Å². The Labute approximate surface area is 161 Å². The van der Waals surface area contributed by atoms with Crippen molar-refractivity contribution >= 4 is 29.2 Å². The van der Waals surface area contributed by atoms with Gasteiger partial charge in [0.1, 0.15) is 11.6 Å². The number of methoxy groups -OCH3 is 1. The second-order valence-electron chi connectivity index (χ2n) is 6.24. The number of anilines is 2. The molecule has 0 radical (unpaired) electrons. The van der Waals surface area contributed by atoms with Gasteiger partial charge in [0.05, 0.1) is 18.7 Å².